The van der Waals surface area contributed by atoms with E-state index < -0.39 is 17.5 Å². The maximum atomic E-state index is 13.0. The fourth-order valence-corrected chi connectivity index (χ4v) is 2.53. The van der Waals surface area contributed by atoms with Gasteiger partial charge in [0.05, 0.1) is 0 Å². The van der Waals surface area contributed by atoms with Crippen LogP contribution in [-0.4, -0.2) is 15.7 Å². The Hall–Kier alpha value is -2.74. The zero-order chi connectivity index (χ0) is 17.8. The third kappa shape index (κ3) is 4.21. The average Bonchev–Trinajstić information content (AvgIpc) is 2.95. The predicted molar refractivity (Wildman–Crippen MR) is 90.1 cm³/mol. The summed E-state index contributed by atoms with van der Waals surface area (Å²) in [6.45, 7) is -0.439. The maximum Gasteiger partial charge on any atom is 0.437 e. The molecule has 0 fully saturated rings. The van der Waals surface area contributed by atoms with E-state index in [4.69, 9.17) is 9.15 Å². The zero-order valence-electron chi connectivity index (χ0n) is 12.8. The summed E-state index contributed by atoms with van der Waals surface area (Å²) < 4.78 is 24.5. The maximum absolute atomic E-state index is 13.0. The fraction of sp³-hybridized carbons (Fsp3) is 0.118. The van der Waals surface area contributed by atoms with Crippen molar-refractivity contribution in [3.8, 4) is 11.5 Å². The highest BCUT2D eigenvalue weighted by Gasteiger charge is 2.14. The molecule has 1 aromatic heterocycles. The van der Waals surface area contributed by atoms with E-state index in [0.29, 0.717) is 15.6 Å². The van der Waals surface area contributed by atoms with Crippen molar-refractivity contribution >= 4 is 21.9 Å². The number of nitrogens with zero attached hydrogens (tertiary/aromatic N) is 2. The molecule has 0 N–H and O–H groups in total. The molecule has 0 saturated heterocycles. The molecule has 0 aliphatic carbocycles. The lowest BCUT2D eigenvalue weighted by Gasteiger charge is -2.06. The minimum absolute atomic E-state index is 0.0577. The second-order valence-electron chi connectivity index (χ2n) is 5.09. The van der Waals surface area contributed by atoms with Gasteiger partial charge in [-0.15, -0.1) is 5.10 Å². The van der Waals surface area contributed by atoms with Gasteiger partial charge in [-0.05, 0) is 24.3 Å². The van der Waals surface area contributed by atoms with E-state index in [1.165, 1.54) is 18.2 Å². The smallest absolute Gasteiger partial charge is 0.437 e. The molecule has 0 unspecified atom stereocenters. The lowest BCUT2D eigenvalue weighted by molar-refractivity contribution is -0.146. The van der Waals surface area contributed by atoms with Gasteiger partial charge in [0.15, 0.2) is 0 Å². The van der Waals surface area contributed by atoms with Gasteiger partial charge in [-0.3, -0.25) is 4.79 Å². The van der Waals surface area contributed by atoms with Gasteiger partial charge in [-0.25, -0.2) is 9.18 Å². The van der Waals surface area contributed by atoms with Crippen LogP contribution in [0.4, 0.5) is 4.39 Å². The molecule has 1 heterocycles. The molecule has 128 valence electrons. The van der Waals surface area contributed by atoms with Crippen molar-refractivity contribution in [2.24, 2.45) is 0 Å². The molecule has 0 aliphatic rings. The van der Waals surface area contributed by atoms with Gasteiger partial charge in [0.1, 0.15) is 19.0 Å². The van der Waals surface area contributed by atoms with Crippen molar-refractivity contribution in [3.05, 3.63) is 74.9 Å². The van der Waals surface area contributed by atoms with Gasteiger partial charge in [-0.2, -0.15) is 4.68 Å². The van der Waals surface area contributed by atoms with Gasteiger partial charge < -0.3 is 9.15 Å². The first-order valence-electron chi connectivity index (χ1n) is 7.26. The van der Waals surface area contributed by atoms with Gasteiger partial charge in [0.25, 0.3) is 0 Å². The number of ether oxygens (including phenoxy) is 1. The Morgan fingerprint density at radius 2 is 2.00 bits per heavy atom. The number of benzene rings is 2. The van der Waals surface area contributed by atoms with Gasteiger partial charge in [0.2, 0.25) is 5.89 Å². The summed E-state index contributed by atoms with van der Waals surface area (Å²) in [7, 11) is 0. The second kappa shape index (κ2) is 7.43. The van der Waals surface area contributed by atoms with E-state index in [2.05, 4.69) is 21.0 Å². The van der Waals surface area contributed by atoms with Crippen LogP contribution in [0.25, 0.3) is 11.5 Å². The molecule has 6 nitrogen and oxygen atoms in total. The molecule has 8 heteroatoms. The monoisotopic (exact) mass is 406 g/mol. The molecule has 0 spiro atoms. The van der Waals surface area contributed by atoms with Crippen molar-refractivity contribution in [3.63, 3.8) is 0 Å². The third-order valence-electron chi connectivity index (χ3n) is 3.31. The molecule has 0 amide bonds. The first kappa shape index (κ1) is 17.1. The number of halogens is 2. The number of carbonyl (C=O) groups excluding carboxylic acids is 1. The molecule has 0 aliphatic heterocycles. The molecule has 2 aromatic carbocycles. The number of esters is 1. The summed E-state index contributed by atoms with van der Waals surface area (Å²) in [4.78, 5) is 23.7. The Morgan fingerprint density at radius 3 is 2.72 bits per heavy atom. The topological polar surface area (TPSA) is 74.3 Å². The molecular weight excluding hydrogens is 395 g/mol. The quantitative estimate of drug-likeness (QED) is 0.608. The number of aromatic nitrogens is 2. The molecule has 0 saturated carbocycles. The lowest BCUT2D eigenvalue weighted by atomic mass is 10.2. The lowest BCUT2D eigenvalue weighted by Crippen LogP contribution is -2.23. The van der Waals surface area contributed by atoms with Crippen molar-refractivity contribution in [1.82, 2.24) is 9.78 Å². The minimum atomic E-state index is -0.751. The van der Waals surface area contributed by atoms with E-state index in [-0.39, 0.29) is 19.0 Å². The van der Waals surface area contributed by atoms with Gasteiger partial charge in [0, 0.05) is 15.6 Å². The number of rotatable bonds is 5. The Bertz CT molecular complexity index is 953. The highest BCUT2D eigenvalue weighted by atomic mass is 79.9. The molecule has 3 aromatic rings. The van der Waals surface area contributed by atoms with Crippen LogP contribution in [0.3, 0.4) is 0 Å². The van der Waals surface area contributed by atoms with Crippen LogP contribution in [0.1, 0.15) is 5.56 Å². The number of hydrogen-bond acceptors (Lipinski definition) is 5. The van der Waals surface area contributed by atoms with Crippen LogP contribution in [0.2, 0.25) is 0 Å². The first-order valence-corrected chi connectivity index (χ1v) is 8.05. The molecule has 25 heavy (non-hydrogen) atoms. The van der Waals surface area contributed by atoms with Crippen LogP contribution >= 0.6 is 15.9 Å². The molecule has 0 atom stereocenters. The van der Waals surface area contributed by atoms with Crippen LogP contribution in [0, 0.1) is 5.82 Å². The van der Waals surface area contributed by atoms with Crippen LogP contribution < -0.4 is 5.76 Å². The minimum Gasteiger partial charge on any atom is -0.459 e. The van der Waals surface area contributed by atoms with Gasteiger partial charge in [-0.1, -0.05) is 40.2 Å². The van der Waals surface area contributed by atoms with Crippen LogP contribution in [0.5, 0.6) is 0 Å². The molecule has 3 rings (SSSR count). The Morgan fingerprint density at radius 1 is 1.24 bits per heavy atom. The summed E-state index contributed by atoms with van der Waals surface area (Å²) in [5.41, 5.74) is 1.23. The fourth-order valence-electron chi connectivity index (χ4n) is 2.07. The molecule has 0 radical (unpaired) electrons. The summed E-state index contributed by atoms with van der Waals surface area (Å²) in [6, 6.07) is 12.9. The number of carbonyl (C=O) groups is 1. The standard InChI is InChI=1S/C17H12BrFN2O4/c18-14-8-13(19)7-6-12(14)10-24-15(22)9-21-17(23)25-16(20-21)11-4-2-1-3-5-11/h1-8H,9-10H2. The Balaban J connectivity index is 1.65. The van der Waals surface area contributed by atoms with Crippen LogP contribution in [-0.2, 0) is 22.7 Å². The SMILES string of the molecule is O=C(Cn1nc(-c2ccccc2)oc1=O)OCc1ccc(F)cc1Br. The van der Waals surface area contributed by atoms with E-state index in [0.717, 1.165) is 4.68 Å². The predicted octanol–water partition coefficient (Wildman–Crippen LogP) is 3.15. The highest BCUT2D eigenvalue weighted by molar-refractivity contribution is 9.10. The molecule has 0 bridgehead atoms. The Kier molecular flexibility index (Phi) is 5.08. The van der Waals surface area contributed by atoms with Crippen molar-refractivity contribution in [2.75, 3.05) is 0 Å². The zero-order valence-corrected chi connectivity index (χ0v) is 14.4. The largest absolute Gasteiger partial charge is 0.459 e. The van der Waals surface area contributed by atoms with E-state index in [1.807, 2.05) is 6.07 Å². The highest BCUT2D eigenvalue weighted by Crippen LogP contribution is 2.19. The first-order chi connectivity index (χ1) is 12.0. The second-order valence-corrected chi connectivity index (χ2v) is 5.95. The normalized spacial score (nSPS) is 10.6. The van der Waals surface area contributed by atoms with E-state index >= 15 is 0 Å². The van der Waals surface area contributed by atoms with Crippen molar-refractivity contribution < 1.29 is 18.3 Å². The molecular formula is C17H12BrFN2O4. The van der Waals surface area contributed by atoms with E-state index in [9.17, 15) is 14.0 Å². The summed E-state index contributed by atoms with van der Waals surface area (Å²) in [5.74, 6) is -1.69. The summed E-state index contributed by atoms with van der Waals surface area (Å²) >= 11 is 3.19. The Labute approximate surface area is 150 Å². The number of hydrogen-bond donors (Lipinski definition) is 0. The van der Waals surface area contributed by atoms with Gasteiger partial charge >= 0.3 is 11.7 Å². The van der Waals surface area contributed by atoms with Crippen molar-refractivity contribution in [1.29, 1.82) is 0 Å². The summed E-state index contributed by atoms with van der Waals surface area (Å²) in [6.07, 6.45) is 0. The van der Waals surface area contributed by atoms with Crippen LogP contribution in [0.15, 0.2) is 62.2 Å². The van der Waals surface area contributed by atoms with E-state index in [1.54, 1.807) is 24.3 Å². The third-order valence-corrected chi connectivity index (χ3v) is 4.05. The summed E-state index contributed by atoms with van der Waals surface area (Å²) in [5, 5.41) is 3.98. The average molecular weight is 407 g/mol. The van der Waals surface area contributed by atoms with Crippen molar-refractivity contribution in [2.45, 2.75) is 13.2 Å².